The predicted octanol–water partition coefficient (Wildman–Crippen LogP) is 1.35. The van der Waals surface area contributed by atoms with Crippen LogP contribution in [0.4, 0.5) is 0 Å². The van der Waals surface area contributed by atoms with Gasteiger partial charge in [-0.05, 0) is 18.6 Å². The lowest BCUT2D eigenvalue weighted by Gasteiger charge is -2.20. The average molecular weight is 274 g/mol. The maximum atomic E-state index is 5.69. The Kier molecular flexibility index (Phi) is 4.49. The minimum Gasteiger partial charge on any atom is -0.496 e. The number of hydrazine groups is 1. The summed E-state index contributed by atoms with van der Waals surface area (Å²) in [6.45, 7) is 2.00. The first-order chi connectivity index (χ1) is 9.71. The molecule has 106 valence electrons. The van der Waals surface area contributed by atoms with E-state index in [1.54, 1.807) is 26.6 Å². The Morgan fingerprint density at radius 1 is 1.15 bits per heavy atom. The van der Waals surface area contributed by atoms with E-state index >= 15 is 0 Å². The summed E-state index contributed by atoms with van der Waals surface area (Å²) < 4.78 is 10.7. The van der Waals surface area contributed by atoms with Crippen LogP contribution in [0, 0.1) is 6.92 Å². The number of nitrogens with one attached hydrogen (secondary N) is 1. The molecule has 2 aromatic rings. The number of hydrogen-bond donors (Lipinski definition) is 2. The molecule has 1 unspecified atom stereocenters. The van der Waals surface area contributed by atoms with Crippen molar-refractivity contribution in [3.8, 4) is 11.6 Å². The Labute approximate surface area is 117 Å². The number of benzene rings is 1. The number of rotatable bonds is 5. The molecule has 1 heterocycles. The summed E-state index contributed by atoms with van der Waals surface area (Å²) >= 11 is 0. The maximum absolute atomic E-state index is 5.69. The van der Waals surface area contributed by atoms with Crippen LogP contribution in [0.2, 0.25) is 0 Å². The fraction of sp³-hybridized carbons (Fsp3) is 0.286. The molecule has 0 bridgehead atoms. The van der Waals surface area contributed by atoms with Crippen LogP contribution in [0.25, 0.3) is 0 Å². The Morgan fingerprint density at radius 3 is 2.55 bits per heavy atom. The first-order valence-corrected chi connectivity index (χ1v) is 6.16. The topological polar surface area (TPSA) is 82.3 Å². The van der Waals surface area contributed by atoms with Crippen molar-refractivity contribution in [3.05, 3.63) is 47.4 Å². The van der Waals surface area contributed by atoms with E-state index in [-0.39, 0.29) is 6.04 Å². The number of hydrogen-bond acceptors (Lipinski definition) is 6. The molecule has 2 rings (SSSR count). The first kappa shape index (κ1) is 14.2. The summed E-state index contributed by atoms with van der Waals surface area (Å²) in [4.78, 5) is 8.45. The fourth-order valence-corrected chi connectivity index (χ4v) is 2.06. The zero-order valence-electron chi connectivity index (χ0n) is 11.8. The first-order valence-electron chi connectivity index (χ1n) is 6.16. The highest BCUT2D eigenvalue weighted by atomic mass is 16.5. The van der Waals surface area contributed by atoms with Crippen molar-refractivity contribution in [3.63, 3.8) is 0 Å². The van der Waals surface area contributed by atoms with Crippen LogP contribution in [0.1, 0.15) is 22.9 Å². The van der Waals surface area contributed by atoms with Crippen molar-refractivity contribution < 1.29 is 9.47 Å². The molecule has 20 heavy (non-hydrogen) atoms. The standard InChI is InChI=1S/C14H18N4O2/c1-9-4-5-10(11(8-9)19-2)12(18-15)13-14(20-3)17-7-6-16-13/h4-8,12,18H,15H2,1-3H3. The number of aromatic nitrogens is 2. The lowest BCUT2D eigenvalue weighted by Crippen LogP contribution is -2.30. The van der Waals surface area contributed by atoms with Crippen molar-refractivity contribution >= 4 is 0 Å². The molecule has 0 aliphatic carbocycles. The van der Waals surface area contributed by atoms with Crippen LogP contribution in [-0.4, -0.2) is 24.2 Å². The molecule has 0 radical (unpaired) electrons. The van der Waals surface area contributed by atoms with Gasteiger partial charge in [0, 0.05) is 18.0 Å². The third kappa shape index (κ3) is 2.71. The lowest BCUT2D eigenvalue weighted by molar-refractivity contribution is 0.378. The molecule has 0 amide bonds. The van der Waals surface area contributed by atoms with E-state index in [9.17, 15) is 0 Å². The summed E-state index contributed by atoms with van der Waals surface area (Å²) in [7, 11) is 3.17. The molecular weight excluding hydrogens is 256 g/mol. The van der Waals surface area contributed by atoms with Crippen LogP contribution in [0.15, 0.2) is 30.6 Å². The van der Waals surface area contributed by atoms with E-state index < -0.39 is 0 Å². The van der Waals surface area contributed by atoms with Gasteiger partial charge in [-0.1, -0.05) is 12.1 Å². The predicted molar refractivity (Wildman–Crippen MR) is 75.5 cm³/mol. The van der Waals surface area contributed by atoms with Gasteiger partial charge < -0.3 is 9.47 Å². The second-order valence-electron chi connectivity index (χ2n) is 4.30. The molecule has 0 aliphatic heterocycles. The molecule has 3 N–H and O–H groups in total. The van der Waals surface area contributed by atoms with Crippen LogP contribution >= 0.6 is 0 Å². The van der Waals surface area contributed by atoms with Crippen molar-refractivity contribution in [1.82, 2.24) is 15.4 Å². The van der Waals surface area contributed by atoms with Gasteiger partial charge in [-0.25, -0.2) is 10.4 Å². The molecule has 1 atom stereocenters. The second-order valence-corrected chi connectivity index (χ2v) is 4.30. The third-order valence-electron chi connectivity index (χ3n) is 3.02. The van der Waals surface area contributed by atoms with Gasteiger partial charge in [0.25, 0.3) is 0 Å². The summed E-state index contributed by atoms with van der Waals surface area (Å²) in [5.74, 6) is 6.86. The molecule has 1 aromatic heterocycles. The normalized spacial score (nSPS) is 12.0. The number of ether oxygens (including phenoxy) is 2. The Balaban J connectivity index is 2.52. The Bertz CT molecular complexity index is 589. The van der Waals surface area contributed by atoms with Crippen molar-refractivity contribution in [2.45, 2.75) is 13.0 Å². The number of nitrogens with zero attached hydrogens (tertiary/aromatic N) is 2. The molecular formula is C14H18N4O2. The monoisotopic (exact) mass is 274 g/mol. The highest BCUT2D eigenvalue weighted by molar-refractivity contribution is 5.44. The zero-order valence-corrected chi connectivity index (χ0v) is 11.8. The number of methoxy groups -OCH3 is 2. The quantitative estimate of drug-likeness (QED) is 0.632. The van der Waals surface area contributed by atoms with E-state index in [1.165, 1.54) is 0 Å². The van der Waals surface area contributed by atoms with Gasteiger partial charge in [-0.3, -0.25) is 10.8 Å². The third-order valence-corrected chi connectivity index (χ3v) is 3.02. The molecule has 0 saturated carbocycles. The van der Waals surface area contributed by atoms with Crippen LogP contribution in [-0.2, 0) is 0 Å². The highest BCUT2D eigenvalue weighted by Crippen LogP contribution is 2.32. The molecule has 0 saturated heterocycles. The molecule has 0 fully saturated rings. The SMILES string of the molecule is COc1cc(C)ccc1C(NN)c1nccnc1OC. The second kappa shape index (κ2) is 6.31. The lowest BCUT2D eigenvalue weighted by atomic mass is 10.0. The summed E-state index contributed by atoms with van der Waals surface area (Å²) in [6, 6.07) is 5.52. The zero-order chi connectivity index (χ0) is 14.5. The average Bonchev–Trinajstić information content (AvgIpc) is 2.49. The van der Waals surface area contributed by atoms with E-state index in [2.05, 4.69) is 15.4 Å². The van der Waals surface area contributed by atoms with Crippen molar-refractivity contribution in [1.29, 1.82) is 0 Å². The van der Waals surface area contributed by atoms with E-state index in [0.717, 1.165) is 16.9 Å². The van der Waals surface area contributed by atoms with Gasteiger partial charge in [-0.15, -0.1) is 0 Å². The molecule has 1 aromatic carbocycles. The smallest absolute Gasteiger partial charge is 0.237 e. The van der Waals surface area contributed by atoms with Gasteiger partial charge in [0.2, 0.25) is 5.88 Å². The minimum absolute atomic E-state index is 0.366. The summed E-state index contributed by atoms with van der Waals surface area (Å²) in [6.07, 6.45) is 3.17. The Hall–Kier alpha value is -2.18. The van der Waals surface area contributed by atoms with Crippen molar-refractivity contribution in [2.24, 2.45) is 5.84 Å². The largest absolute Gasteiger partial charge is 0.496 e. The fourth-order valence-electron chi connectivity index (χ4n) is 2.06. The van der Waals surface area contributed by atoms with Crippen LogP contribution in [0.3, 0.4) is 0 Å². The van der Waals surface area contributed by atoms with Gasteiger partial charge in [0.1, 0.15) is 11.4 Å². The van der Waals surface area contributed by atoms with E-state index in [1.807, 2.05) is 25.1 Å². The molecule has 0 spiro atoms. The minimum atomic E-state index is -0.366. The van der Waals surface area contributed by atoms with Gasteiger partial charge in [0.05, 0.1) is 20.3 Å². The summed E-state index contributed by atoms with van der Waals surface area (Å²) in [5, 5.41) is 0. The van der Waals surface area contributed by atoms with Crippen LogP contribution < -0.4 is 20.7 Å². The Morgan fingerprint density at radius 2 is 1.90 bits per heavy atom. The van der Waals surface area contributed by atoms with Gasteiger partial charge >= 0.3 is 0 Å². The van der Waals surface area contributed by atoms with Crippen molar-refractivity contribution in [2.75, 3.05) is 14.2 Å². The molecule has 6 heteroatoms. The summed E-state index contributed by atoms with van der Waals surface area (Å²) in [5.41, 5.74) is 5.33. The van der Waals surface area contributed by atoms with Gasteiger partial charge in [0.15, 0.2) is 0 Å². The molecule has 6 nitrogen and oxygen atoms in total. The molecule has 0 aliphatic rings. The van der Waals surface area contributed by atoms with Gasteiger partial charge in [-0.2, -0.15) is 0 Å². The van der Waals surface area contributed by atoms with E-state index in [4.69, 9.17) is 15.3 Å². The van der Waals surface area contributed by atoms with Crippen LogP contribution in [0.5, 0.6) is 11.6 Å². The van der Waals surface area contributed by atoms with E-state index in [0.29, 0.717) is 11.6 Å². The number of nitrogens with two attached hydrogens (primary N) is 1. The number of aryl methyl sites for hydroxylation is 1. The highest BCUT2D eigenvalue weighted by Gasteiger charge is 2.22. The maximum Gasteiger partial charge on any atom is 0.237 e.